The molecule has 22 heavy (non-hydrogen) atoms. The molecule has 0 spiro atoms. The Morgan fingerprint density at radius 1 is 1.41 bits per heavy atom. The van der Waals surface area contributed by atoms with Crippen molar-refractivity contribution in [3.05, 3.63) is 0 Å². The molecule has 0 aromatic rings. The molecule has 2 unspecified atom stereocenters. The number of alkyl carbamates (subject to hydrolysis) is 1. The third kappa shape index (κ3) is 5.07. The fourth-order valence-corrected chi connectivity index (χ4v) is 3.07. The number of aliphatic imine (C=N–C) groups is 1. The predicted octanol–water partition coefficient (Wildman–Crippen LogP) is 1.82. The maximum atomic E-state index is 11.6. The lowest BCUT2D eigenvalue weighted by Gasteiger charge is -2.34. The van der Waals surface area contributed by atoms with Gasteiger partial charge in [-0.25, -0.2) is 4.79 Å². The maximum absolute atomic E-state index is 11.6. The highest BCUT2D eigenvalue weighted by Crippen LogP contribution is 2.32. The zero-order valence-corrected chi connectivity index (χ0v) is 14.1. The van der Waals surface area contributed by atoms with Crippen LogP contribution in [0.2, 0.25) is 0 Å². The van der Waals surface area contributed by atoms with Gasteiger partial charge in [-0.05, 0) is 44.4 Å². The normalized spacial score (nSPS) is 23.9. The van der Waals surface area contributed by atoms with Gasteiger partial charge in [0.2, 0.25) is 0 Å². The number of ether oxygens (including phenoxy) is 1. The molecule has 0 aromatic heterocycles. The molecule has 1 aliphatic carbocycles. The summed E-state index contributed by atoms with van der Waals surface area (Å²) in [6.45, 7) is 7.34. The van der Waals surface area contributed by atoms with E-state index in [0.717, 1.165) is 19.0 Å². The van der Waals surface area contributed by atoms with Crippen LogP contribution in [-0.2, 0) is 4.74 Å². The van der Waals surface area contributed by atoms with E-state index < -0.39 is 0 Å². The number of hydrogen-bond donors (Lipinski definition) is 2. The second kappa shape index (κ2) is 8.25. The average Bonchev–Trinajstić information content (AvgIpc) is 3.31. The van der Waals surface area contributed by atoms with Crippen LogP contribution >= 0.6 is 0 Å². The third-order valence-corrected chi connectivity index (χ3v) is 4.42. The number of nitrogens with one attached hydrogen (secondary N) is 2. The summed E-state index contributed by atoms with van der Waals surface area (Å²) in [5.74, 6) is 2.22. The van der Waals surface area contributed by atoms with Crippen molar-refractivity contribution in [2.45, 2.75) is 45.6 Å². The van der Waals surface area contributed by atoms with E-state index in [1.807, 2.05) is 14.0 Å². The fourth-order valence-electron chi connectivity index (χ4n) is 3.07. The minimum absolute atomic E-state index is 0.123. The monoisotopic (exact) mass is 310 g/mol. The third-order valence-electron chi connectivity index (χ3n) is 4.42. The van der Waals surface area contributed by atoms with Crippen molar-refractivity contribution in [1.29, 1.82) is 0 Å². The van der Waals surface area contributed by atoms with Crippen LogP contribution in [0, 0.1) is 11.8 Å². The average molecular weight is 310 g/mol. The van der Waals surface area contributed by atoms with Crippen molar-refractivity contribution in [1.82, 2.24) is 15.5 Å². The first-order chi connectivity index (χ1) is 10.6. The first kappa shape index (κ1) is 16.9. The smallest absolute Gasteiger partial charge is 0.407 e. The lowest BCUT2D eigenvalue weighted by molar-refractivity contribution is 0.146. The highest BCUT2D eigenvalue weighted by atomic mass is 16.5. The first-order valence-corrected chi connectivity index (χ1v) is 8.53. The molecular weight excluding hydrogens is 280 g/mol. The van der Waals surface area contributed by atoms with Crippen LogP contribution in [0.4, 0.5) is 4.79 Å². The van der Waals surface area contributed by atoms with Gasteiger partial charge in [-0.3, -0.25) is 4.99 Å². The Bertz CT molecular complexity index is 396. The number of amides is 1. The van der Waals surface area contributed by atoms with E-state index in [1.165, 1.54) is 25.7 Å². The van der Waals surface area contributed by atoms with Gasteiger partial charge in [-0.1, -0.05) is 6.92 Å². The van der Waals surface area contributed by atoms with Crippen molar-refractivity contribution in [2.24, 2.45) is 16.8 Å². The zero-order valence-electron chi connectivity index (χ0n) is 14.1. The van der Waals surface area contributed by atoms with Gasteiger partial charge in [0.05, 0.1) is 12.6 Å². The van der Waals surface area contributed by atoms with E-state index in [1.54, 1.807) is 0 Å². The number of guanidine groups is 1. The molecule has 2 atom stereocenters. The quantitative estimate of drug-likeness (QED) is 0.600. The number of nitrogens with zero attached hydrogens (tertiary/aromatic N) is 2. The lowest BCUT2D eigenvalue weighted by Crippen LogP contribution is -2.51. The van der Waals surface area contributed by atoms with Gasteiger partial charge >= 0.3 is 6.09 Å². The summed E-state index contributed by atoms with van der Waals surface area (Å²) in [4.78, 5) is 18.4. The van der Waals surface area contributed by atoms with Gasteiger partial charge in [-0.15, -0.1) is 0 Å². The summed E-state index contributed by atoms with van der Waals surface area (Å²) < 4.78 is 5.00. The second-order valence-corrected chi connectivity index (χ2v) is 6.43. The van der Waals surface area contributed by atoms with E-state index >= 15 is 0 Å². The van der Waals surface area contributed by atoms with Crippen LogP contribution in [-0.4, -0.2) is 56.3 Å². The molecule has 126 valence electrons. The highest BCUT2D eigenvalue weighted by molar-refractivity contribution is 5.80. The van der Waals surface area contributed by atoms with Gasteiger partial charge in [0.15, 0.2) is 5.96 Å². The van der Waals surface area contributed by atoms with Gasteiger partial charge in [0.1, 0.15) is 0 Å². The van der Waals surface area contributed by atoms with Crippen LogP contribution < -0.4 is 10.6 Å². The molecule has 2 N–H and O–H groups in total. The molecule has 6 heteroatoms. The van der Waals surface area contributed by atoms with Gasteiger partial charge in [-0.2, -0.15) is 0 Å². The fraction of sp³-hybridized carbons (Fsp3) is 0.875. The number of piperidine rings is 1. The van der Waals surface area contributed by atoms with Crippen molar-refractivity contribution in [2.75, 3.05) is 33.3 Å². The molecule has 0 radical (unpaired) electrons. The standard InChI is InChI=1S/C16H30N4O2/c1-4-22-16(21)19-14(13-7-8-13)10-18-15(17-3)20-9-5-6-12(2)11-20/h12-14H,4-11H2,1-3H3,(H,17,18)(H,19,21). The minimum Gasteiger partial charge on any atom is -0.450 e. The molecule has 0 bridgehead atoms. The SMILES string of the molecule is CCOC(=O)NC(CNC(=NC)N1CCCC(C)C1)C1CC1. The van der Waals surface area contributed by atoms with Crippen molar-refractivity contribution in [3.8, 4) is 0 Å². The summed E-state index contributed by atoms with van der Waals surface area (Å²) in [6.07, 6.45) is 4.55. The number of rotatable bonds is 5. The molecule has 1 amide bonds. The largest absolute Gasteiger partial charge is 0.450 e. The van der Waals surface area contributed by atoms with Crippen molar-refractivity contribution >= 4 is 12.1 Å². The highest BCUT2D eigenvalue weighted by Gasteiger charge is 2.33. The van der Waals surface area contributed by atoms with Crippen LogP contribution in [0.3, 0.4) is 0 Å². The Labute approximate surface area is 133 Å². The van der Waals surface area contributed by atoms with E-state index in [4.69, 9.17) is 4.74 Å². The second-order valence-electron chi connectivity index (χ2n) is 6.43. The Morgan fingerprint density at radius 2 is 2.18 bits per heavy atom. The molecule has 1 saturated heterocycles. The summed E-state index contributed by atoms with van der Waals surface area (Å²) in [6, 6.07) is 0.123. The topological polar surface area (TPSA) is 66.0 Å². The van der Waals surface area contributed by atoms with E-state index in [0.29, 0.717) is 25.0 Å². The number of hydrogen-bond acceptors (Lipinski definition) is 3. The van der Waals surface area contributed by atoms with Crippen LogP contribution in [0.1, 0.15) is 39.5 Å². The maximum Gasteiger partial charge on any atom is 0.407 e. The van der Waals surface area contributed by atoms with Crippen molar-refractivity contribution < 1.29 is 9.53 Å². The Hall–Kier alpha value is -1.46. The molecular formula is C16H30N4O2. The molecule has 2 fully saturated rings. The minimum atomic E-state index is -0.317. The van der Waals surface area contributed by atoms with Gasteiger partial charge < -0.3 is 20.3 Å². The van der Waals surface area contributed by atoms with Crippen LogP contribution in [0.15, 0.2) is 4.99 Å². The predicted molar refractivity (Wildman–Crippen MR) is 88.0 cm³/mol. The molecule has 2 rings (SSSR count). The molecule has 6 nitrogen and oxygen atoms in total. The van der Waals surface area contributed by atoms with Gasteiger partial charge in [0.25, 0.3) is 0 Å². The molecule has 2 aliphatic rings. The molecule has 0 aromatic carbocycles. The molecule has 1 heterocycles. The zero-order chi connectivity index (χ0) is 15.9. The lowest BCUT2D eigenvalue weighted by atomic mass is 10.0. The van der Waals surface area contributed by atoms with E-state index in [2.05, 4.69) is 27.4 Å². The number of carbonyl (C=O) groups is 1. The summed E-state index contributed by atoms with van der Waals surface area (Å²) in [5.41, 5.74) is 0. The van der Waals surface area contributed by atoms with E-state index in [9.17, 15) is 4.79 Å². The van der Waals surface area contributed by atoms with Gasteiger partial charge in [0, 0.05) is 26.7 Å². The Balaban J connectivity index is 1.83. The Morgan fingerprint density at radius 3 is 2.77 bits per heavy atom. The van der Waals surface area contributed by atoms with Crippen molar-refractivity contribution in [3.63, 3.8) is 0 Å². The first-order valence-electron chi connectivity index (χ1n) is 8.53. The summed E-state index contributed by atoms with van der Waals surface area (Å²) >= 11 is 0. The summed E-state index contributed by atoms with van der Waals surface area (Å²) in [5, 5.41) is 6.41. The number of likely N-dealkylation sites (tertiary alicyclic amines) is 1. The summed E-state index contributed by atoms with van der Waals surface area (Å²) in [7, 11) is 1.83. The van der Waals surface area contributed by atoms with E-state index in [-0.39, 0.29) is 12.1 Å². The molecule has 1 aliphatic heterocycles. The van der Waals surface area contributed by atoms with Crippen LogP contribution in [0.25, 0.3) is 0 Å². The number of carbonyl (C=O) groups excluding carboxylic acids is 1. The molecule has 1 saturated carbocycles. The van der Waals surface area contributed by atoms with Crippen LogP contribution in [0.5, 0.6) is 0 Å². The Kier molecular flexibility index (Phi) is 6.34.